The molecule has 0 heterocycles. The zero-order valence-corrected chi connectivity index (χ0v) is 18.2. The standard InChI is InChI=1S/C23H30O3Si/c1-22(2,21(24)25-3)23(26-27(4,5)6,20-15-11-8-12-16-20)18-17-19-13-9-7-10-14-19/h7-18H,1-6H3/b18-17+. The lowest BCUT2D eigenvalue weighted by atomic mass is 9.70. The molecule has 0 aromatic heterocycles. The van der Waals surface area contributed by atoms with Crippen LogP contribution in [0.25, 0.3) is 6.08 Å². The highest BCUT2D eigenvalue weighted by Crippen LogP contribution is 2.47. The second kappa shape index (κ2) is 8.24. The van der Waals surface area contributed by atoms with Crippen LogP contribution in [0.5, 0.6) is 0 Å². The largest absolute Gasteiger partial charge is 0.469 e. The molecule has 0 bridgehead atoms. The minimum Gasteiger partial charge on any atom is -0.469 e. The number of benzene rings is 2. The Morgan fingerprint density at radius 3 is 1.93 bits per heavy atom. The fraction of sp³-hybridized carbons (Fsp3) is 0.348. The van der Waals surface area contributed by atoms with Crippen LogP contribution in [0, 0.1) is 5.41 Å². The summed E-state index contributed by atoms with van der Waals surface area (Å²) in [5, 5.41) is 0. The van der Waals surface area contributed by atoms with Gasteiger partial charge in [0, 0.05) is 0 Å². The molecule has 27 heavy (non-hydrogen) atoms. The van der Waals surface area contributed by atoms with Gasteiger partial charge in [-0.15, -0.1) is 0 Å². The predicted molar refractivity (Wildman–Crippen MR) is 114 cm³/mol. The minimum absolute atomic E-state index is 0.303. The van der Waals surface area contributed by atoms with Crippen molar-refractivity contribution in [1.82, 2.24) is 0 Å². The number of rotatable bonds is 7. The van der Waals surface area contributed by atoms with Crippen molar-refractivity contribution >= 4 is 20.4 Å². The van der Waals surface area contributed by atoms with Crippen molar-refractivity contribution in [3.63, 3.8) is 0 Å². The van der Waals surface area contributed by atoms with Crippen LogP contribution in [0.15, 0.2) is 66.7 Å². The number of esters is 1. The van der Waals surface area contributed by atoms with Crippen molar-refractivity contribution in [1.29, 1.82) is 0 Å². The molecule has 2 aromatic carbocycles. The van der Waals surface area contributed by atoms with Crippen LogP contribution >= 0.6 is 0 Å². The molecule has 1 unspecified atom stereocenters. The van der Waals surface area contributed by atoms with Gasteiger partial charge in [-0.3, -0.25) is 4.79 Å². The Morgan fingerprint density at radius 1 is 0.926 bits per heavy atom. The Morgan fingerprint density at radius 2 is 1.44 bits per heavy atom. The summed E-state index contributed by atoms with van der Waals surface area (Å²) in [7, 11) is -0.615. The molecule has 0 radical (unpaired) electrons. The van der Waals surface area contributed by atoms with Crippen LogP contribution in [0.3, 0.4) is 0 Å². The van der Waals surface area contributed by atoms with E-state index in [0.29, 0.717) is 0 Å². The van der Waals surface area contributed by atoms with Gasteiger partial charge in [0.1, 0.15) is 5.60 Å². The third kappa shape index (κ3) is 4.76. The summed E-state index contributed by atoms with van der Waals surface area (Å²) in [5.74, 6) is -0.303. The van der Waals surface area contributed by atoms with E-state index < -0.39 is 19.3 Å². The zero-order chi connectivity index (χ0) is 20.1. The highest BCUT2D eigenvalue weighted by Gasteiger charge is 2.53. The molecule has 0 fully saturated rings. The van der Waals surface area contributed by atoms with Crippen molar-refractivity contribution in [2.75, 3.05) is 7.11 Å². The van der Waals surface area contributed by atoms with Crippen LogP contribution in [-0.2, 0) is 19.6 Å². The number of ether oxygens (including phenoxy) is 1. The van der Waals surface area contributed by atoms with Gasteiger partial charge in [0.2, 0.25) is 0 Å². The van der Waals surface area contributed by atoms with E-state index in [0.717, 1.165) is 11.1 Å². The Labute approximate surface area is 164 Å². The maximum Gasteiger partial charge on any atom is 0.314 e. The molecule has 0 N–H and O–H groups in total. The van der Waals surface area contributed by atoms with Crippen molar-refractivity contribution in [3.05, 3.63) is 77.9 Å². The van der Waals surface area contributed by atoms with E-state index in [9.17, 15) is 4.79 Å². The van der Waals surface area contributed by atoms with Crippen molar-refractivity contribution in [3.8, 4) is 0 Å². The molecule has 3 nitrogen and oxygen atoms in total. The van der Waals surface area contributed by atoms with E-state index in [2.05, 4.69) is 19.6 Å². The van der Waals surface area contributed by atoms with Crippen molar-refractivity contribution in [2.45, 2.75) is 39.1 Å². The first-order valence-corrected chi connectivity index (χ1v) is 12.6. The molecule has 0 aliphatic carbocycles. The molecule has 0 aliphatic rings. The lowest BCUT2D eigenvalue weighted by Crippen LogP contribution is -2.52. The molecule has 2 aromatic rings. The van der Waals surface area contributed by atoms with Gasteiger partial charge in [0.15, 0.2) is 8.32 Å². The molecule has 4 heteroatoms. The monoisotopic (exact) mass is 382 g/mol. The fourth-order valence-corrected chi connectivity index (χ4v) is 4.65. The van der Waals surface area contributed by atoms with Crippen LogP contribution in [0.4, 0.5) is 0 Å². The first-order chi connectivity index (χ1) is 12.6. The Bertz CT molecular complexity index is 776. The maximum atomic E-state index is 12.8. The Balaban J connectivity index is 2.73. The van der Waals surface area contributed by atoms with Crippen molar-refractivity contribution in [2.24, 2.45) is 5.41 Å². The molecule has 0 amide bonds. The highest BCUT2D eigenvalue weighted by atomic mass is 28.4. The first-order valence-electron chi connectivity index (χ1n) is 9.21. The van der Waals surface area contributed by atoms with Gasteiger partial charge in [-0.2, -0.15) is 0 Å². The molecule has 0 spiro atoms. The molecule has 0 aliphatic heterocycles. The summed E-state index contributed by atoms with van der Waals surface area (Å²) in [5.41, 5.74) is 0.128. The normalized spacial score (nSPS) is 14.7. The number of methoxy groups -OCH3 is 1. The van der Waals surface area contributed by atoms with E-state index in [1.165, 1.54) is 7.11 Å². The molecular weight excluding hydrogens is 352 g/mol. The third-order valence-electron chi connectivity index (χ3n) is 4.60. The number of hydrogen-bond donors (Lipinski definition) is 0. The topological polar surface area (TPSA) is 35.5 Å². The second-order valence-electron chi connectivity index (χ2n) is 8.18. The van der Waals surface area contributed by atoms with Gasteiger partial charge < -0.3 is 9.16 Å². The second-order valence-corrected chi connectivity index (χ2v) is 12.6. The van der Waals surface area contributed by atoms with Crippen LogP contribution < -0.4 is 0 Å². The van der Waals surface area contributed by atoms with Crippen molar-refractivity contribution < 1.29 is 14.0 Å². The number of hydrogen-bond acceptors (Lipinski definition) is 3. The van der Waals surface area contributed by atoms with Gasteiger partial charge in [0.25, 0.3) is 0 Å². The van der Waals surface area contributed by atoms with Gasteiger partial charge in [-0.1, -0.05) is 66.7 Å². The van der Waals surface area contributed by atoms with Gasteiger partial charge >= 0.3 is 5.97 Å². The van der Waals surface area contributed by atoms with Crippen LogP contribution in [-0.4, -0.2) is 21.4 Å². The third-order valence-corrected chi connectivity index (χ3v) is 5.54. The van der Waals surface area contributed by atoms with Gasteiger partial charge in [0.05, 0.1) is 12.5 Å². The summed E-state index contributed by atoms with van der Waals surface area (Å²) >= 11 is 0. The quantitative estimate of drug-likeness (QED) is 0.459. The Kier molecular flexibility index (Phi) is 6.45. The fourth-order valence-electron chi connectivity index (χ4n) is 3.24. The SMILES string of the molecule is COC(=O)C(C)(C)C(/C=C/c1ccccc1)(O[Si](C)(C)C)c1ccccc1. The first kappa shape index (κ1) is 21.1. The van der Waals surface area contributed by atoms with E-state index in [-0.39, 0.29) is 5.97 Å². The average Bonchev–Trinajstić information content (AvgIpc) is 2.64. The molecule has 0 saturated heterocycles. The molecule has 2 rings (SSSR count). The summed E-state index contributed by atoms with van der Waals surface area (Å²) in [6, 6.07) is 20.0. The molecular formula is C23H30O3Si. The van der Waals surface area contributed by atoms with Gasteiger partial charge in [-0.25, -0.2) is 0 Å². The van der Waals surface area contributed by atoms with E-state index >= 15 is 0 Å². The highest BCUT2D eigenvalue weighted by molar-refractivity contribution is 6.69. The zero-order valence-electron chi connectivity index (χ0n) is 17.2. The Hall–Kier alpha value is -2.17. The number of carbonyl (C=O) groups excluding carboxylic acids is 1. The summed E-state index contributed by atoms with van der Waals surface area (Å²) in [6.45, 7) is 10.2. The predicted octanol–water partition coefficient (Wildman–Crippen LogP) is 5.65. The number of carbonyl (C=O) groups is 1. The maximum absolute atomic E-state index is 12.8. The molecule has 144 valence electrons. The van der Waals surface area contributed by atoms with Crippen LogP contribution in [0.2, 0.25) is 19.6 Å². The summed E-state index contributed by atoms with van der Waals surface area (Å²) in [6.07, 6.45) is 4.05. The van der Waals surface area contributed by atoms with Gasteiger partial charge in [-0.05, 0) is 50.7 Å². The minimum atomic E-state index is -2.04. The van der Waals surface area contributed by atoms with E-state index in [1.807, 2.05) is 86.7 Å². The molecule has 1 atom stereocenters. The average molecular weight is 383 g/mol. The summed E-state index contributed by atoms with van der Waals surface area (Å²) < 4.78 is 11.9. The molecule has 0 saturated carbocycles. The van der Waals surface area contributed by atoms with E-state index in [4.69, 9.17) is 9.16 Å². The van der Waals surface area contributed by atoms with E-state index in [1.54, 1.807) is 0 Å². The van der Waals surface area contributed by atoms with Crippen LogP contribution in [0.1, 0.15) is 25.0 Å². The summed E-state index contributed by atoms with van der Waals surface area (Å²) in [4.78, 5) is 12.8. The lowest BCUT2D eigenvalue weighted by Gasteiger charge is -2.46. The lowest BCUT2D eigenvalue weighted by molar-refractivity contribution is -0.162. The smallest absolute Gasteiger partial charge is 0.314 e.